The summed E-state index contributed by atoms with van der Waals surface area (Å²) >= 11 is 0. The van der Waals surface area contributed by atoms with Crippen LogP contribution in [0.1, 0.15) is 21.5 Å². The molecule has 0 saturated carbocycles. The lowest BCUT2D eigenvalue weighted by Gasteiger charge is -1.99. The van der Waals surface area contributed by atoms with Crippen LogP contribution < -0.4 is 0 Å². The summed E-state index contributed by atoms with van der Waals surface area (Å²) in [6.45, 7) is 1.94. The second kappa shape index (κ2) is 5.21. The van der Waals surface area contributed by atoms with E-state index in [1.54, 1.807) is 24.5 Å². The molecule has 0 amide bonds. The van der Waals surface area contributed by atoms with Crippen molar-refractivity contribution in [3.8, 4) is 0 Å². The van der Waals surface area contributed by atoms with Crippen molar-refractivity contribution in [2.45, 2.75) is 6.92 Å². The topological polar surface area (TPSA) is 30.0 Å². The molecular weight excluding hydrogens is 210 g/mol. The van der Waals surface area contributed by atoms with Crippen LogP contribution in [0.2, 0.25) is 0 Å². The van der Waals surface area contributed by atoms with Crippen molar-refractivity contribution in [2.75, 3.05) is 0 Å². The largest absolute Gasteiger partial charge is 0.289 e. The number of aryl methyl sites for hydroxylation is 1. The Morgan fingerprint density at radius 1 is 1.18 bits per heavy atom. The lowest BCUT2D eigenvalue weighted by molar-refractivity contribution is 0.104. The quantitative estimate of drug-likeness (QED) is 0.590. The maximum Gasteiger partial charge on any atom is 0.186 e. The van der Waals surface area contributed by atoms with Gasteiger partial charge < -0.3 is 0 Å². The molecule has 1 aromatic carbocycles. The Balaban J connectivity index is 2.18. The molecule has 2 heteroatoms. The van der Waals surface area contributed by atoms with Crippen molar-refractivity contribution in [1.82, 2.24) is 4.98 Å². The van der Waals surface area contributed by atoms with Crippen molar-refractivity contribution in [3.05, 3.63) is 71.6 Å². The number of allylic oxidation sites excluding steroid dienone is 1. The van der Waals surface area contributed by atoms with E-state index < -0.39 is 0 Å². The lowest BCUT2D eigenvalue weighted by atomic mass is 10.0. The van der Waals surface area contributed by atoms with Crippen LogP contribution >= 0.6 is 0 Å². The fourth-order valence-electron chi connectivity index (χ4n) is 1.59. The van der Waals surface area contributed by atoms with Crippen molar-refractivity contribution in [3.63, 3.8) is 0 Å². The Labute approximate surface area is 101 Å². The molecule has 2 aromatic rings. The Hall–Kier alpha value is -2.22. The molecule has 0 aliphatic rings. The van der Waals surface area contributed by atoms with Crippen molar-refractivity contribution < 1.29 is 4.79 Å². The molecule has 0 aliphatic carbocycles. The smallest absolute Gasteiger partial charge is 0.186 e. The molecule has 0 saturated heterocycles. The van der Waals surface area contributed by atoms with E-state index in [0.717, 1.165) is 16.7 Å². The molecule has 2 nitrogen and oxygen atoms in total. The number of ketones is 1. The van der Waals surface area contributed by atoms with Gasteiger partial charge in [0.25, 0.3) is 0 Å². The summed E-state index contributed by atoms with van der Waals surface area (Å²) in [4.78, 5) is 15.9. The first-order chi connectivity index (χ1) is 8.27. The van der Waals surface area contributed by atoms with E-state index in [4.69, 9.17) is 0 Å². The first kappa shape index (κ1) is 11.3. The van der Waals surface area contributed by atoms with E-state index in [9.17, 15) is 4.79 Å². The molecule has 0 N–H and O–H groups in total. The predicted molar refractivity (Wildman–Crippen MR) is 68.8 cm³/mol. The van der Waals surface area contributed by atoms with Gasteiger partial charge in [0.2, 0.25) is 0 Å². The summed E-state index contributed by atoms with van der Waals surface area (Å²) < 4.78 is 0. The van der Waals surface area contributed by atoms with Crippen molar-refractivity contribution >= 4 is 11.9 Å². The Kier molecular flexibility index (Phi) is 3.46. The minimum atomic E-state index is 0.0203. The fraction of sp³-hybridized carbons (Fsp3) is 0.0667. The molecular formula is C15H13NO. The third-order valence-corrected chi connectivity index (χ3v) is 2.52. The van der Waals surface area contributed by atoms with E-state index in [1.165, 1.54) is 0 Å². The minimum absolute atomic E-state index is 0.0203. The first-order valence-corrected chi connectivity index (χ1v) is 5.45. The summed E-state index contributed by atoms with van der Waals surface area (Å²) in [6, 6.07) is 11.3. The van der Waals surface area contributed by atoms with Crippen LogP contribution in [0.4, 0.5) is 0 Å². The molecule has 0 fully saturated rings. The van der Waals surface area contributed by atoms with Crippen LogP contribution in [0.5, 0.6) is 0 Å². The van der Waals surface area contributed by atoms with Gasteiger partial charge in [0.1, 0.15) is 0 Å². The van der Waals surface area contributed by atoms with E-state index in [0.29, 0.717) is 0 Å². The van der Waals surface area contributed by atoms with Gasteiger partial charge in [-0.15, -0.1) is 0 Å². The van der Waals surface area contributed by atoms with Crippen LogP contribution in [0.3, 0.4) is 0 Å². The van der Waals surface area contributed by atoms with Gasteiger partial charge in [-0.3, -0.25) is 9.78 Å². The van der Waals surface area contributed by atoms with E-state index >= 15 is 0 Å². The SMILES string of the molecule is Cc1ccccc1C(=O)/C=C\c1cccnc1. The van der Waals surface area contributed by atoms with Gasteiger partial charge in [0.15, 0.2) is 5.78 Å². The minimum Gasteiger partial charge on any atom is -0.289 e. The Bertz CT molecular complexity index is 544. The fourth-order valence-corrected chi connectivity index (χ4v) is 1.59. The number of benzene rings is 1. The molecule has 1 heterocycles. The molecule has 17 heavy (non-hydrogen) atoms. The van der Waals surface area contributed by atoms with Crippen molar-refractivity contribution in [2.24, 2.45) is 0 Å². The average Bonchev–Trinajstić information content (AvgIpc) is 2.38. The normalized spacial score (nSPS) is 10.6. The molecule has 1 aromatic heterocycles. The summed E-state index contributed by atoms with van der Waals surface area (Å²) in [5, 5.41) is 0. The molecule has 0 unspecified atom stereocenters. The van der Waals surface area contributed by atoms with Crippen LogP contribution in [0.15, 0.2) is 54.9 Å². The van der Waals surface area contributed by atoms with Crippen LogP contribution in [-0.4, -0.2) is 10.8 Å². The highest BCUT2D eigenvalue weighted by Gasteiger charge is 2.03. The number of nitrogens with zero attached hydrogens (tertiary/aromatic N) is 1. The molecule has 0 spiro atoms. The van der Waals surface area contributed by atoms with Crippen LogP contribution in [-0.2, 0) is 0 Å². The number of hydrogen-bond acceptors (Lipinski definition) is 2. The average molecular weight is 223 g/mol. The Morgan fingerprint density at radius 3 is 2.71 bits per heavy atom. The highest BCUT2D eigenvalue weighted by atomic mass is 16.1. The zero-order valence-electron chi connectivity index (χ0n) is 9.63. The van der Waals surface area contributed by atoms with Crippen LogP contribution in [0.25, 0.3) is 6.08 Å². The monoisotopic (exact) mass is 223 g/mol. The van der Waals surface area contributed by atoms with Gasteiger partial charge in [-0.1, -0.05) is 30.3 Å². The van der Waals surface area contributed by atoms with E-state index in [1.807, 2.05) is 43.3 Å². The summed E-state index contributed by atoms with van der Waals surface area (Å²) in [7, 11) is 0. The number of pyridine rings is 1. The molecule has 0 bridgehead atoms. The summed E-state index contributed by atoms with van der Waals surface area (Å²) in [5.74, 6) is 0.0203. The lowest BCUT2D eigenvalue weighted by Crippen LogP contribution is -1.96. The highest BCUT2D eigenvalue weighted by molar-refractivity contribution is 6.07. The Morgan fingerprint density at radius 2 is 2.00 bits per heavy atom. The van der Waals surface area contributed by atoms with Gasteiger partial charge in [-0.05, 0) is 36.3 Å². The molecule has 0 radical (unpaired) electrons. The highest BCUT2D eigenvalue weighted by Crippen LogP contribution is 2.09. The van der Waals surface area contributed by atoms with E-state index in [2.05, 4.69) is 4.98 Å². The number of carbonyl (C=O) groups is 1. The maximum atomic E-state index is 11.9. The number of carbonyl (C=O) groups excluding carboxylic acids is 1. The van der Waals surface area contributed by atoms with Gasteiger partial charge >= 0.3 is 0 Å². The maximum absolute atomic E-state index is 11.9. The van der Waals surface area contributed by atoms with E-state index in [-0.39, 0.29) is 5.78 Å². The van der Waals surface area contributed by atoms with Crippen LogP contribution in [0, 0.1) is 6.92 Å². The molecule has 0 atom stereocenters. The third kappa shape index (κ3) is 2.88. The van der Waals surface area contributed by atoms with Gasteiger partial charge in [0, 0.05) is 18.0 Å². The number of hydrogen-bond donors (Lipinski definition) is 0. The predicted octanol–water partition coefficient (Wildman–Crippen LogP) is 3.29. The van der Waals surface area contributed by atoms with Gasteiger partial charge in [-0.2, -0.15) is 0 Å². The first-order valence-electron chi connectivity index (χ1n) is 5.45. The summed E-state index contributed by atoms with van der Waals surface area (Å²) in [5.41, 5.74) is 2.66. The number of aromatic nitrogens is 1. The van der Waals surface area contributed by atoms with Gasteiger partial charge in [-0.25, -0.2) is 0 Å². The second-order valence-corrected chi connectivity index (χ2v) is 3.80. The molecule has 84 valence electrons. The zero-order valence-corrected chi connectivity index (χ0v) is 9.63. The van der Waals surface area contributed by atoms with Crippen molar-refractivity contribution in [1.29, 1.82) is 0 Å². The third-order valence-electron chi connectivity index (χ3n) is 2.52. The summed E-state index contributed by atoms with van der Waals surface area (Å²) in [6.07, 6.45) is 6.79. The molecule has 0 aliphatic heterocycles. The second-order valence-electron chi connectivity index (χ2n) is 3.80. The zero-order chi connectivity index (χ0) is 12.1. The standard InChI is InChI=1S/C15H13NO/c1-12-5-2-3-7-14(12)15(17)9-8-13-6-4-10-16-11-13/h2-11H,1H3/b9-8-. The van der Waals surface area contributed by atoms with Gasteiger partial charge in [0.05, 0.1) is 0 Å². The molecule has 2 rings (SSSR count). The number of rotatable bonds is 3.